The molecule has 0 saturated carbocycles. The number of nitrogens with two attached hydrogens (primary N) is 1. The van der Waals surface area contributed by atoms with E-state index in [9.17, 15) is 14.0 Å². The van der Waals surface area contributed by atoms with Crippen LogP contribution in [0.15, 0.2) is 18.2 Å². The van der Waals surface area contributed by atoms with E-state index in [2.05, 4.69) is 5.32 Å². The number of nitrogens with one attached hydrogen (secondary N) is 1. The van der Waals surface area contributed by atoms with Crippen LogP contribution < -0.4 is 15.8 Å². The molecular formula is C17H24Cl2FN3O3. The monoisotopic (exact) mass is 407 g/mol. The van der Waals surface area contributed by atoms with Gasteiger partial charge in [-0.05, 0) is 38.0 Å². The minimum atomic E-state index is -0.784. The van der Waals surface area contributed by atoms with Crippen molar-refractivity contribution < 1.29 is 18.7 Å². The number of carbonyl (C=O) groups excluding carboxylic acids is 2. The number of amides is 2. The molecule has 2 unspecified atom stereocenters. The summed E-state index contributed by atoms with van der Waals surface area (Å²) in [4.78, 5) is 26.3. The Morgan fingerprint density at radius 1 is 1.50 bits per heavy atom. The zero-order valence-corrected chi connectivity index (χ0v) is 16.1. The van der Waals surface area contributed by atoms with Gasteiger partial charge in [-0.3, -0.25) is 9.59 Å². The number of hydrogen-bond donors (Lipinski definition) is 2. The zero-order chi connectivity index (χ0) is 18.4. The lowest BCUT2D eigenvalue weighted by atomic mass is 9.96. The maximum absolute atomic E-state index is 13.1. The van der Waals surface area contributed by atoms with E-state index in [0.29, 0.717) is 26.2 Å². The van der Waals surface area contributed by atoms with E-state index < -0.39 is 11.9 Å². The summed E-state index contributed by atoms with van der Waals surface area (Å²) in [7, 11) is 0. The van der Waals surface area contributed by atoms with Gasteiger partial charge in [0.15, 0.2) is 6.10 Å². The Balaban J connectivity index is 0.00000338. The van der Waals surface area contributed by atoms with Crippen LogP contribution in [0.2, 0.25) is 5.02 Å². The molecule has 2 atom stereocenters. The Labute approximate surface area is 163 Å². The molecule has 1 aromatic rings. The fraction of sp³-hybridized carbons (Fsp3) is 0.529. The van der Waals surface area contributed by atoms with Crippen molar-refractivity contribution in [1.29, 1.82) is 0 Å². The summed E-state index contributed by atoms with van der Waals surface area (Å²) >= 11 is 5.92. The Bertz CT molecular complexity index is 633. The first-order chi connectivity index (χ1) is 11.9. The van der Waals surface area contributed by atoms with E-state index in [1.54, 1.807) is 11.8 Å². The molecule has 6 nitrogen and oxygen atoms in total. The smallest absolute Gasteiger partial charge is 0.263 e. The molecule has 1 aromatic carbocycles. The van der Waals surface area contributed by atoms with Gasteiger partial charge in [0.25, 0.3) is 5.91 Å². The summed E-state index contributed by atoms with van der Waals surface area (Å²) in [5.74, 6) is -0.780. The first-order valence-corrected chi connectivity index (χ1v) is 8.68. The lowest BCUT2D eigenvalue weighted by Crippen LogP contribution is -2.49. The molecule has 2 amide bonds. The Kier molecular flexibility index (Phi) is 9.12. The second kappa shape index (κ2) is 10.5. The van der Waals surface area contributed by atoms with Crippen molar-refractivity contribution in [3.05, 3.63) is 29.0 Å². The number of rotatable bonds is 6. The Morgan fingerprint density at radius 2 is 2.23 bits per heavy atom. The number of carbonyl (C=O) groups is 2. The highest BCUT2D eigenvalue weighted by molar-refractivity contribution is 6.32. The van der Waals surface area contributed by atoms with Crippen LogP contribution >= 0.6 is 24.0 Å². The second-order valence-electron chi connectivity index (χ2n) is 6.04. The summed E-state index contributed by atoms with van der Waals surface area (Å²) in [6, 6.07) is 3.74. The van der Waals surface area contributed by atoms with Crippen LogP contribution in [-0.4, -0.2) is 49.0 Å². The molecule has 2 rings (SSSR count). The second-order valence-corrected chi connectivity index (χ2v) is 6.45. The van der Waals surface area contributed by atoms with Crippen molar-refractivity contribution in [2.24, 2.45) is 11.7 Å². The van der Waals surface area contributed by atoms with Gasteiger partial charge < -0.3 is 20.7 Å². The molecule has 1 fully saturated rings. The van der Waals surface area contributed by atoms with Crippen molar-refractivity contribution in [3.8, 4) is 5.75 Å². The number of likely N-dealkylation sites (tertiary alicyclic amines) is 1. The highest BCUT2D eigenvalue weighted by Gasteiger charge is 2.31. The van der Waals surface area contributed by atoms with Gasteiger partial charge in [-0.25, -0.2) is 4.39 Å². The standard InChI is InChI=1S/C17H23ClFN3O3.ClH/c1-11(25-15-5-4-13(19)9-14(15)18)17(24)22-8-2-3-12(10-22)16(23)21-7-6-20;/h4-5,9,11-12H,2-3,6-8,10,20H2,1H3,(H,21,23);1H. The van der Waals surface area contributed by atoms with Crippen molar-refractivity contribution in [1.82, 2.24) is 10.2 Å². The van der Waals surface area contributed by atoms with Gasteiger partial charge in [0, 0.05) is 26.2 Å². The van der Waals surface area contributed by atoms with E-state index in [1.807, 2.05) is 0 Å². The summed E-state index contributed by atoms with van der Waals surface area (Å²) < 4.78 is 18.6. The molecule has 1 aliphatic heterocycles. The highest BCUT2D eigenvalue weighted by Crippen LogP contribution is 2.26. The topological polar surface area (TPSA) is 84.7 Å². The quantitative estimate of drug-likeness (QED) is 0.754. The van der Waals surface area contributed by atoms with Crippen molar-refractivity contribution in [2.75, 3.05) is 26.2 Å². The zero-order valence-electron chi connectivity index (χ0n) is 14.5. The van der Waals surface area contributed by atoms with Gasteiger partial charge in [0.1, 0.15) is 11.6 Å². The van der Waals surface area contributed by atoms with E-state index in [4.69, 9.17) is 22.1 Å². The van der Waals surface area contributed by atoms with Crippen LogP contribution in [0.4, 0.5) is 4.39 Å². The average Bonchev–Trinajstić information content (AvgIpc) is 2.61. The molecule has 0 aliphatic carbocycles. The lowest BCUT2D eigenvalue weighted by molar-refractivity contribution is -0.141. The van der Waals surface area contributed by atoms with Crippen molar-refractivity contribution >= 4 is 35.8 Å². The van der Waals surface area contributed by atoms with Crippen LogP contribution in [0.3, 0.4) is 0 Å². The maximum atomic E-state index is 13.1. The molecule has 3 N–H and O–H groups in total. The third-order valence-electron chi connectivity index (χ3n) is 4.09. The SMILES string of the molecule is CC(Oc1ccc(F)cc1Cl)C(=O)N1CCCC(C(=O)NCCN)C1.Cl. The number of halogens is 3. The van der Waals surface area contributed by atoms with Crippen molar-refractivity contribution in [3.63, 3.8) is 0 Å². The predicted octanol–water partition coefficient (Wildman–Crippen LogP) is 1.98. The van der Waals surface area contributed by atoms with Crippen molar-refractivity contribution in [2.45, 2.75) is 25.9 Å². The highest BCUT2D eigenvalue weighted by atomic mass is 35.5. The van der Waals surface area contributed by atoms with Gasteiger partial charge in [0.05, 0.1) is 10.9 Å². The van der Waals surface area contributed by atoms with E-state index >= 15 is 0 Å². The normalized spacial score (nSPS) is 17.8. The number of piperidine rings is 1. The summed E-state index contributed by atoms with van der Waals surface area (Å²) in [5.41, 5.74) is 5.39. The van der Waals surface area contributed by atoms with E-state index in [-0.39, 0.29) is 40.9 Å². The van der Waals surface area contributed by atoms with Gasteiger partial charge in [-0.15, -0.1) is 12.4 Å². The van der Waals surface area contributed by atoms with E-state index in [1.165, 1.54) is 12.1 Å². The number of hydrogen-bond acceptors (Lipinski definition) is 4. The fourth-order valence-electron chi connectivity index (χ4n) is 2.80. The predicted molar refractivity (Wildman–Crippen MR) is 100 cm³/mol. The van der Waals surface area contributed by atoms with Gasteiger partial charge in [0.2, 0.25) is 5.91 Å². The molecular weight excluding hydrogens is 384 g/mol. The number of benzene rings is 1. The average molecular weight is 408 g/mol. The molecule has 146 valence electrons. The molecule has 0 bridgehead atoms. The number of ether oxygens (including phenoxy) is 1. The van der Waals surface area contributed by atoms with Crippen LogP contribution in [-0.2, 0) is 9.59 Å². The Hall–Kier alpha value is -1.57. The molecule has 1 saturated heterocycles. The lowest BCUT2D eigenvalue weighted by Gasteiger charge is -2.33. The summed E-state index contributed by atoms with van der Waals surface area (Å²) in [6.07, 6.45) is 0.698. The maximum Gasteiger partial charge on any atom is 0.263 e. The Morgan fingerprint density at radius 3 is 2.88 bits per heavy atom. The van der Waals surface area contributed by atoms with Crippen LogP contribution in [0, 0.1) is 11.7 Å². The van der Waals surface area contributed by atoms with Gasteiger partial charge in [-0.2, -0.15) is 0 Å². The van der Waals surface area contributed by atoms with Crippen LogP contribution in [0.25, 0.3) is 0 Å². The molecule has 0 spiro atoms. The third-order valence-corrected chi connectivity index (χ3v) is 4.39. The molecule has 9 heteroatoms. The fourth-order valence-corrected chi connectivity index (χ4v) is 3.01. The minimum Gasteiger partial charge on any atom is -0.479 e. The minimum absolute atomic E-state index is 0. The largest absolute Gasteiger partial charge is 0.479 e. The summed E-state index contributed by atoms with van der Waals surface area (Å²) in [6.45, 7) is 3.33. The number of nitrogens with zero attached hydrogens (tertiary/aromatic N) is 1. The van der Waals surface area contributed by atoms with E-state index in [0.717, 1.165) is 18.9 Å². The molecule has 1 aliphatic rings. The summed E-state index contributed by atoms with van der Waals surface area (Å²) in [5, 5.41) is 2.87. The van der Waals surface area contributed by atoms with Gasteiger partial charge in [-0.1, -0.05) is 11.6 Å². The van der Waals surface area contributed by atoms with Crippen LogP contribution in [0.1, 0.15) is 19.8 Å². The van der Waals surface area contributed by atoms with Crippen LogP contribution in [0.5, 0.6) is 5.75 Å². The molecule has 26 heavy (non-hydrogen) atoms. The molecule has 0 aromatic heterocycles. The third kappa shape index (κ3) is 6.00. The van der Waals surface area contributed by atoms with Gasteiger partial charge >= 0.3 is 0 Å². The molecule has 1 heterocycles. The molecule has 0 radical (unpaired) electrons. The first-order valence-electron chi connectivity index (χ1n) is 8.30. The first kappa shape index (κ1) is 22.5.